The molecule has 1 aromatic heterocycles. The van der Waals surface area contributed by atoms with Gasteiger partial charge in [-0.25, -0.2) is 9.97 Å². The van der Waals surface area contributed by atoms with Crippen molar-refractivity contribution in [3.63, 3.8) is 0 Å². The molecule has 0 radical (unpaired) electrons. The first kappa shape index (κ1) is 14.6. The number of carbonyl (C=O) groups is 1. The van der Waals surface area contributed by atoms with Gasteiger partial charge < -0.3 is 5.32 Å². The van der Waals surface area contributed by atoms with Gasteiger partial charge in [-0.1, -0.05) is 42.8 Å². The summed E-state index contributed by atoms with van der Waals surface area (Å²) in [7, 11) is 0. The second-order valence-corrected chi connectivity index (χ2v) is 7.04. The molecule has 0 saturated heterocycles. The molecule has 4 nitrogen and oxygen atoms in total. The molecule has 1 heterocycles. The summed E-state index contributed by atoms with van der Waals surface area (Å²) in [4.78, 5) is 20.2. The first-order chi connectivity index (χ1) is 11.1. The Balaban J connectivity index is 1.42. The zero-order chi connectivity index (χ0) is 16.0. The molecule has 1 aromatic carbocycles. The quantitative estimate of drug-likeness (QED) is 0.864. The lowest BCUT2D eigenvalue weighted by molar-refractivity contribution is -0.117. The van der Waals surface area contributed by atoms with Gasteiger partial charge in [0.2, 0.25) is 5.91 Å². The Morgan fingerprint density at radius 3 is 2.61 bits per heavy atom. The minimum absolute atomic E-state index is 0.00922. The van der Waals surface area contributed by atoms with E-state index >= 15 is 0 Å². The monoisotopic (exact) mass is 327 g/mol. The summed E-state index contributed by atoms with van der Waals surface area (Å²) in [6.45, 7) is 2.29. The highest BCUT2D eigenvalue weighted by Crippen LogP contribution is 2.51. The Morgan fingerprint density at radius 2 is 1.91 bits per heavy atom. The molecule has 4 rings (SSSR count). The smallest absolute Gasteiger partial charge is 0.229 e. The number of hydrogen-bond donors (Lipinski definition) is 1. The van der Waals surface area contributed by atoms with Crippen LogP contribution in [0.3, 0.4) is 0 Å². The molecule has 2 saturated carbocycles. The highest BCUT2D eigenvalue weighted by Gasteiger charge is 2.44. The highest BCUT2D eigenvalue weighted by atomic mass is 35.5. The third kappa shape index (κ3) is 3.08. The zero-order valence-corrected chi connectivity index (χ0v) is 13.6. The fourth-order valence-corrected chi connectivity index (χ4v) is 3.43. The van der Waals surface area contributed by atoms with Crippen molar-refractivity contribution in [1.82, 2.24) is 9.97 Å². The molecular weight excluding hydrogens is 310 g/mol. The van der Waals surface area contributed by atoms with E-state index in [1.807, 2.05) is 0 Å². The summed E-state index contributed by atoms with van der Waals surface area (Å²) in [5.41, 5.74) is 2.70. The molecule has 2 aliphatic rings. The van der Waals surface area contributed by atoms with Crippen molar-refractivity contribution in [3.05, 3.63) is 52.9 Å². The van der Waals surface area contributed by atoms with E-state index in [-0.39, 0.29) is 11.8 Å². The lowest BCUT2D eigenvalue weighted by atomic mass is 10.0. The van der Waals surface area contributed by atoms with Gasteiger partial charge in [-0.05, 0) is 41.7 Å². The van der Waals surface area contributed by atoms with E-state index in [9.17, 15) is 4.79 Å². The fourth-order valence-electron chi connectivity index (χ4n) is 3.28. The summed E-state index contributed by atoms with van der Waals surface area (Å²) in [5.74, 6) is 2.32. The van der Waals surface area contributed by atoms with Gasteiger partial charge >= 0.3 is 0 Å². The Bertz CT molecular complexity index is 763. The van der Waals surface area contributed by atoms with Gasteiger partial charge in [0.05, 0.1) is 0 Å². The van der Waals surface area contributed by atoms with Crippen LogP contribution in [-0.4, -0.2) is 15.9 Å². The second-order valence-electron chi connectivity index (χ2n) is 6.65. The van der Waals surface area contributed by atoms with Crippen LogP contribution in [-0.2, 0) is 4.79 Å². The molecule has 118 valence electrons. The van der Waals surface area contributed by atoms with Gasteiger partial charge in [0, 0.05) is 12.0 Å². The Kier molecular flexibility index (Phi) is 3.57. The van der Waals surface area contributed by atoms with Crippen LogP contribution in [0.15, 0.2) is 36.7 Å². The van der Waals surface area contributed by atoms with E-state index in [1.165, 1.54) is 23.9 Å². The van der Waals surface area contributed by atoms with Crippen LogP contribution in [0.4, 0.5) is 5.82 Å². The predicted molar refractivity (Wildman–Crippen MR) is 89.5 cm³/mol. The van der Waals surface area contributed by atoms with E-state index < -0.39 is 0 Å². The first-order valence-electron chi connectivity index (χ1n) is 8.00. The van der Waals surface area contributed by atoms with E-state index in [2.05, 4.69) is 46.5 Å². The van der Waals surface area contributed by atoms with Crippen LogP contribution in [0, 0.1) is 11.8 Å². The maximum Gasteiger partial charge on any atom is 0.229 e. The molecule has 0 bridgehead atoms. The fraction of sp³-hybridized carbons (Fsp3) is 0.389. The van der Waals surface area contributed by atoms with Crippen molar-refractivity contribution in [3.8, 4) is 0 Å². The lowest BCUT2D eigenvalue weighted by Crippen LogP contribution is -2.15. The van der Waals surface area contributed by atoms with Gasteiger partial charge in [0.15, 0.2) is 0 Å². The van der Waals surface area contributed by atoms with Crippen LogP contribution in [0.2, 0.25) is 5.15 Å². The maximum atomic E-state index is 12.3. The maximum absolute atomic E-state index is 12.3. The Labute approximate surface area is 140 Å². The molecule has 1 N–H and O–H groups in total. The average molecular weight is 328 g/mol. The van der Waals surface area contributed by atoms with Gasteiger partial charge in [-0.2, -0.15) is 0 Å². The van der Waals surface area contributed by atoms with Crippen LogP contribution in [0.25, 0.3) is 0 Å². The van der Waals surface area contributed by atoms with Crippen molar-refractivity contribution in [1.29, 1.82) is 0 Å². The van der Waals surface area contributed by atoms with E-state index in [1.54, 1.807) is 6.07 Å². The van der Waals surface area contributed by atoms with Crippen molar-refractivity contribution in [2.75, 3.05) is 5.32 Å². The van der Waals surface area contributed by atoms with Crippen LogP contribution < -0.4 is 5.32 Å². The first-order valence-corrected chi connectivity index (χ1v) is 8.38. The minimum atomic E-state index is 0.00922. The molecule has 2 aromatic rings. The number of hydrogen-bond acceptors (Lipinski definition) is 3. The number of benzene rings is 1. The number of nitrogens with zero attached hydrogens (tertiary/aromatic N) is 2. The van der Waals surface area contributed by atoms with Gasteiger partial charge in [0.25, 0.3) is 0 Å². The van der Waals surface area contributed by atoms with E-state index in [0.29, 0.717) is 22.8 Å². The highest BCUT2D eigenvalue weighted by molar-refractivity contribution is 6.29. The third-order valence-electron chi connectivity index (χ3n) is 4.89. The van der Waals surface area contributed by atoms with Crippen LogP contribution in [0.5, 0.6) is 0 Å². The topological polar surface area (TPSA) is 54.9 Å². The van der Waals surface area contributed by atoms with Crippen LogP contribution >= 0.6 is 11.6 Å². The third-order valence-corrected chi connectivity index (χ3v) is 5.10. The summed E-state index contributed by atoms with van der Waals surface area (Å²) >= 11 is 5.81. The van der Waals surface area contributed by atoms with Gasteiger partial charge in [-0.15, -0.1) is 0 Å². The molecule has 2 aliphatic carbocycles. The summed E-state index contributed by atoms with van der Waals surface area (Å²) in [5, 5.41) is 3.15. The molecule has 2 fully saturated rings. The molecule has 5 heteroatoms. The SMILES string of the molecule is C[C@H]1CC1c1cccc([C@H]2CC2C(=O)Nc2cc(Cl)ncn2)c1. The van der Waals surface area contributed by atoms with Crippen molar-refractivity contribution in [2.45, 2.75) is 31.6 Å². The van der Waals surface area contributed by atoms with Gasteiger partial charge in [-0.3, -0.25) is 4.79 Å². The summed E-state index contributed by atoms with van der Waals surface area (Å²) in [6.07, 6.45) is 3.53. The number of amides is 1. The average Bonchev–Trinajstić information content (AvgIpc) is 3.42. The Morgan fingerprint density at radius 1 is 1.17 bits per heavy atom. The minimum Gasteiger partial charge on any atom is -0.310 e. The lowest BCUT2D eigenvalue weighted by Gasteiger charge is -2.06. The van der Waals surface area contributed by atoms with Gasteiger partial charge in [0.1, 0.15) is 17.3 Å². The van der Waals surface area contributed by atoms with Crippen LogP contribution in [0.1, 0.15) is 42.7 Å². The molecule has 4 atom stereocenters. The standard InChI is InChI=1S/C18H18ClN3O/c1-10-5-13(10)11-3-2-4-12(6-11)14-7-15(14)18(23)22-17-8-16(19)20-9-21-17/h2-4,6,8-10,13-15H,5,7H2,1H3,(H,20,21,22,23)/t10-,13?,14+,15?/m0/s1. The molecular formula is C18H18ClN3O. The number of rotatable bonds is 4. The number of nitrogens with one attached hydrogen (secondary N) is 1. The predicted octanol–water partition coefficient (Wildman–Crippen LogP) is 4.00. The Hall–Kier alpha value is -1.94. The number of anilines is 1. The van der Waals surface area contributed by atoms with Crippen molar-refractivity contribution >= 4 is 23.3 Å². The largest absolute Gasteiger partial charge is 0.310 e. The summed E-state index contributed by atoms with van der Waals surface area (Å²) < 4.78 is 0. The van der Waals surface area contributed by atoms with E-state index in [0.717, 1.165) is 12.3 Å². The van der Waals surface area contributed by atoms with Crippen molar-refractivity contribution in [2.24, 2.45) is 11.8 Å². The number of carbonyl (C=O) groups excluding carboxylic acids is 1. The molecule has 0 spiro atoms. The molecule has 0 aliphatic heterocycles. The number of aromatic nitrogens is 2. The summed E-state index contributed by atoms with van der Waals surface area (Å²) in [6, 6.07) is 10.3. The second kappa shape index (κ2) is 5.60. The molecule has 1 amide bonds. The molecule has 23 heavy (non-hydrogen) atoms. The van der Waals surface area contributed by atoms with E-state index in [4.69, 9.17) is 11.6 Å². The molecule has 2 unspecified atom stereocenters. The number of halogens is 1. The normalized spacial score (nSPS) is 28.3. The van der Waals surface area contributed by atoms with Crippen molar-refractivity contribution < 1.29 is 4.79 Å². The zero-order valence-electron chi connectivity index (χ0n) is 12.9.